The van der Waals surface area contributed by atoms with Crippen molar-refractivity contribution in [3.63, 3.8) is 0 Å². The number of aryl methyl sites for hydroxylation is 3. The molecule has 22 heavy (non-hydrogen) atoms. The highest BCUT2D eigenvalue weighted by atomic mass is 16.3. The fourth-order valence-corrected chi connectivity index (χ4v) is 2.60. The molecule has 0 aliphatic rings. The number of fused-ring (bicyclic) bond motifs is 1. The summed E-state index contributed by atoms with van der Waals surface area (Å²) >= 11 is 0. The van der Waals surface area contributed by atoms with Crippen LogP contribution in [0.5, 0.6) is 0 Å². The van der Waals surface area contributed by atoms with Crippen LogP contribution in [0.2, 0.25) is 0 Å². The van der Waals surface area contributed by atoms with E-state index in [-0.39, 0.29) is 5.91 Å². The van der Waals surface area contributed by atoms with E-state index in [4.69, 9.17) is 4.42 Å². The van der Waals surface area contributed by atoms with Gasteiger partial charge in [-0.1, -0.05) is 0 Å². The first-order valence-electron chi connectivity index (χ1n) is 7.40. The Labute approximate surface area is 129 Å². The monoisotopic (exact) mass is 297 g/mol. The van der Waals surface area contributed by atoms with Crippen molar-refractivity contribution >= 4 is 16.9 Å². The molecule has 0 unspecified atom stereocenters. The number of rotatable bonds is 5. The second-order valence-corrected chi connectivity index (χ2v) is 5.36. The van der Waals surface area contributed by atoms with Crippen LogP contribution in [0, 0.1) is 13.8 Å². The smallest absolute Gasteiger partial charge is 0.254 e. The molecule has 1 N–H and O–H groups in total. The lowest BCUT2D eigenvalue weighted by atomic mass is 10.2. The Morgan fingerprint density at radius 2 is 2.23 bits per heavy atom. The number of nitrogens with zero attached hydrogens (tertiary/aromatic N) is 2. The molecule has 114 valence electrons. The highest BCUT2D eigenvalue weighted by molar-refractivity contribution is 5.95. The molecule has 0 radical (unpaired) electrons. The minimum absolute atomic E-state index is 0.0789. The summed E-state index contributed by atoms with van der Waals surface area (Å²) in [6.07, 6.45) is 4.68. The van der Waals surface area contributed by atoms with Gasteiger partial charge in [0.25, 0.3) is 5.91 Å². The lowest BCUT2D eigenvalue weighted by molar-refractivity contribution is 0.0951. The normalized spacial score (nSPS) is 11.0. The lowest BCUT2D eigenvalue weighted by Gasteiger charge is -2.06. The van der Waals surface area contributed by atoms with Gasteiger partial charge in [-0.3, -0.25) is 4.79 Å². The zero-order valence-corrected chi connectivity index (χ0v) is 12.8. The van der Waals surface area contributed by atoms with Crippen LogP contribution in [-0.4, -0.2) is 22.0 Å². The van der Waals surface area contributed by atoms with Crippen LogP contribution >= 0.6 is 0 Å². The highest BCUT2D eigenvalue weighted by Gasteiger charge is 2.12. The van der Waals surface area contributed by atoms with Crippen molar-refractivity contribution in [3.05, 3.63) is 53.7 Å². The van der Waals surface area contributed by atoms with Gasteiger partial charge >= 0.3 is 0 Å². The Balaban J connectivity index is 1.53. The zero-order valence-electron chi connectivity index (χ0n) is 12.8. The van der Waals surface area contributed by atoms with E-state index in [1.54, 1.807) is 19.2 Å². The largest absolute Gasteiger partial charge is 0.466 e. The summed E-state index contributed by atoms with van der Waals surface area (Å²) in [7, 11) is 0. The van der Waals surface area contributed by atoms with E-state index in [0.29, 0.717) is 17.9 Å². The number of carbonyl (C=O) groups excluding carboxylic acids is 1. The van der Waals surface area contributed by atoms with Crippen LogP contribution < -0.4 is 5.32 Å². The summed E-state index contributed by atoms with van der Waals surface area (Å²) in [6.45, 7) is 5.09. The number of nitrogens with one attached hydrogen (secondary N) is 1. The second-order valence-electron chi connectivity index (χ2n) is 5.36. The molecular formula is C17H19N3O2. The average molecular weight is 297 g/mol. The molecule has 5 nitrogen and oxygen atoms in total. The van der Waals surface area contributed by atoms with Gasteiger partial charge in [0.2, 0.25) is 0 Å². The summed E-state index contributed by atoms with van der Waals surface area (Å²) in [6, 6.07) is 7.80. The maximum atomic E-state index is 12.1. The molecule has 0 bridgehead atoms. The number of furan rings is 1. The molecule has 0 fully saturated rings. The number of carbonyl (C=O) groups is 1. The standard InChI is InChI=1S/C17H19N3O2/c1-12-11-15(13(2)22-12)17(21)19-8-4-9-20-10-6-14-5-3-7-18-16(14)20/h3,5-7,10-11H,4,8-9H2,1-2H3,(H,19,21). The van der Waals surface area contributed by atoms with Gasteiger partial charge in [-0.25, -0.2) is 4.98 Å². The SMILES string of the molecule is Cc1cc(C(=O)NCCCn2ccc3cccnc32)c(C)o1. The van der Waals surface area contributed by atoms with Gasteiger partial charge < -0.3 is 14.3 Å². The van der Waals surface area contributed by atoms with Gasteiger partial charge in [-0.15, -0.1) is 0 Å². The van der Waals surface area contributed by atoms with E-state index < -0.39 is 0 Å². The Morgan fingerprint density at radius 1 is 1.36 bits per heavy atom. The fraction of sp³-hybridized carbons (Fsp3) is 0.294. The van der Waals surface area contributed by atoms with Crippen molar-refractivity contribution in [1.29, 1.82) is 0 Å². The molecule has 0 spiro atoms. The van der Waals surface area contributed by atoms with Crippen LogP contribution in [0.4, 0.5) is 0 Å². The minimum atomic E-state index is -0.0789. The number of amides is 1. The summed E-state index contributed by atoms with van der Waals surface area (Å²) in [5, 5.41) is 4.07. The maximum absolute atomic E-state index is 12.1. The van der Waals surface area contributed by atoms with E-state index >= 15 is 0 Å². The summed E-state index contributed by atoms with van der Waals surface area (Å²) in [4.78, 5) is 16.4. The van der Waals surface area contributed by atoms with Crippen molar-refractivity contribution in [2.75, 3.05) is 6.54 Å². The molecule has 0 atom stereocenters. The van der Waals surface area contributed by atoms with Crippen molar-refractivity contribution < 1.29 is 9.21 Å². The quantitative estimate of drug-likeness (QED) is 0.736. The van der Waals surface area contributed by atoms with E-state index in [9.17, 15) is 4.79 Å². The van der Waals surface area contributed by atoms with Crippen LogP contribution in [0.3, 0.4) is 0 Å². The van der Waals surface area contributed by atoms with Crippen LogP contribution in [0.1, 0.15) is 28.3 Å². The molecule has 0 aliphatic heterocycles. The third-order valence-electron chi connectivity index (χ3n) is 3.67. The Morgan fingerprint density at radius 3 is 3.00 bits per heavy atom. The minimum Gasteiger partial charge on any atom is -0.466 e. The van der Waals surface area contributed by atoms with Gasteiger partial charge in [0.05, 0.1) is 5.56 Å². The molecule has 5 heteroatoms. The molecule has 0 aromatic carbocycles. The van der Waals surface area contributed by atoms with Gasteiger partial charge in [-0.2, -0.15) is 0 Å². The number of aromatic nitrogens is 2. The molecule has 1 amide bonds. The molecule has 3 rings (SSSR count). The molecule has 0 saturated heterocycles. The Bertz CT molecular complexity index is 801. The maximum Gasteiger partial charge on any atom is 0.254 e. The van der Waals surface area contributed by atoms with E-state index in [1.165, 1.54) is 0 Å². The molecule has 0 saturated carbocycles. The molecule has 0 aliphatic carbocycles. The first kappa shape index (κ1) is 14.4. The first-order chi connectivity index (χ1) is 10.6. The van der Waals surface area contributed by atoms with Crippen LogP contribution in [0.15, 0.2) is 41.1 Å². The van der Waals surface area contributed by atoms with Crippen molar-refractivity contribution in [2.45, 2.75) is 26.8 Å². The highest BCUT2D eigenvalue weighted by Crippen LogP contribution is 2.14. The van der Waals surface area contributed by atoms with Gasteiger partial charge in [-0.05, 0) is 44.5 Å². The summed E-state index contributed by atoms with van der Waals surface area (Å²) in [5.74, 6) is 1.34. The number of hydrogen-bond acceptors (Lipinski definition) is 3. The molecular weight excluding hydrogens is 278 g/mol. The third kappa shape index (κ3) is 2.88. The van der Waals surface area contributed by atoms with Crippen molar-refractivity contribution in [1.82, 2.24) is 14.9 Å². The second kappa shape index (κ2) is 6.05. The topological polar surface area (TPSA) is 60.1 Å². The van der Waals surface area contributed by atoms with Gasteiger partial charge in [0.15, 0.2) is 0 Å². The molecule has 3 aromatic heterocycles. The van der Waals surface area contributed by atoms with Gasteiger partial charge in [0.1, 0.15) is 17.2 Å². The van der Waals surface area contributed by atoms with E-state index in [2.05, 4.69) is 20.9 Å². The molecule has 3 aromatic rings. The third-order valence-corrected chi connectivity index (χ3v) is 3.67. The average Bonchev–Trinajstić information content (AvgIpc) is 3.07. The predicted molar refractivity (Wildman–Crippen MR) is 84.9 cm³/mol. The first-order valence-corrected chi connectivity index (χ1v) is 7.40. The predicted octanol–water partition coefficient (Wildman–Crippen LogP) is 3.07. The van der Waals surface area contributed by atoms with Crippen molar-refractivity contribution in [2.24, 2.45) is 0 Å². The molecule has 3 heterocycles. The van der Waals surface area contributed by atoms with Crippen LogP contribution in [-0.2, 0) is 6.54 Å². The van der Waals surface area contributed by atoms with Gasteiger partial charge in [0, 0.05) is 30.9 Å². The lowest BCUT2D eigenvalue weighted by Crippen LogP contribution is -2.25. The number of hydrogen-bond donors (Lipinski definition) is 1. The summed E-state index contributed by atoms with van der Waals surface area (Å²) in [5.41, 5.74) is 1.60. The van der Waals surface area contributed by atoms with E-state index in [0.717, 1.165) is 29.8 Å². The Hall–Kier alpha value is -2.56. The summed E-state index contributed by atoms with van der Waals surface area (Å²) < 4.78 is 7.48. The fourth-order valence-electron chi connectivity index (χ4n) is 2.60. The van der Waals surface area contributed by atoms with Crippen LogP contribution in [0.25, 0.3) is 11.0 Å². The van der Waals surface area contributed by atoms with E-state index in [1.807, 2.05) is 25.3 Å². The zero-order chi connectivity index (χ0) is 15.5. The van der Waals surface area contributed by atoms with Crippen molar-refractivity contribution in [3.8, 4) is 0 Å². The number of pyridine rings is 1. The Kier molecular flexibility index (Phi) is 3.96.